The number of hydrogen-bond acceptors (Lipinski definition) is 4. The molecule has 2 aliphatic heterocycles. The highest BCUT2D eigenvalue weighted by Gasteiger charge is 2.48. The van der Waals surface area contributed by atoms with Crippen molar-refractivity contribution in [1.29, 1.82) is 0 Å². The number of nitrogens with one attached hydrogen (secondary N) is 3. The van der Waals surface area contributed by atoms with E-state index in [9.17, 15) is 9.59 Å². The molecule has 136 valence electrons. The maximum atomic E-state index is 12.1. The van der Waals surface area contributed by atoms with E-state index in [0.29, 0.717) is 0 Å². The molecule has 24 heavy (non-hydrogen) atoms. The van der Waals surface area contributed by atoms with Crippen LogP contribution in [-0.4, -0.2) is 80.1 Å². The van der Waals surface area contributed by atoms with Crippen molar-refractivity contribution in [3.05, 3.63) is 0 Å². The summed E-state index contributed by atoms with van der Waals surface area (Å²) in [5.41, 5.74) is -0.788. The molecule has 2 fully saturated rings. The fraction of sp³-hybridized carbons (Fsp3) is 0.812. The summed E-state index contributed by atoms with van der Waals surface area (Å²) < 4.78 is 0. The molecule has 0 radical (unpaired) electrons. The minimum absolute atomic E-state index is 0.143. The lowest BCUT2D eigenvalue weighted by molar-refractivity contribution is -0.125. The molecule has 3 N–H and O–H groups in total. The van der Waals surface area contributed by atoms with Gasteiger partial charge in [-0.1, -0.05) is 6.92 Å². The highest BCUT2D eigenvalue weighted by Crippen LogP contribution is 2.30. The number of urea groups is 1. The Morgan fingerprint density at radius 3 is 2.58 bits per heavy atom. The zero-order chi connectivity index (χ0) is 17.7. The van der Waals surface area contributed by atoms with Gasteiger partial charge in [-0.05, 0) is 39.3 Å². The van der Waals surface area contributed by atoms with Crippen LogP contribution in [0.2, 0.25) is 0 Å². The molecular weight excluding hydrogens is 308 g/mol. The summed E-state index contributed by atoms with van der Waals surface area (Å²) in [4.78, 5) is 32.3. The summed E-state index contributed by atoms with van der Waals surface area (Å²) in [6.07, 6.45) is 1.69. The standard InChI is InChI=1S/C16H30N6O2/c1-5-21(4)11-8-18-14(17-3)22-9-6-12(7-10-22)16(2)13(23)19-15(24)20-16/h12H,5-11H2,1-4H3,(H,17,18)(H2,19,20,23,24). The van der Waals surface area contributed by atoms with E-state index < -0.39 is 5.54 Å². The molecule has 0 aromatic carbocycles. The van der Waals surface area contributed by atoms with Gasteiger partial charge in [0, 0.05) is 33.2 Å². The molecule has 0 aromatic heterocycles. The summed E-state index contributed by atoms with van der Waals surface area (Å²) >= 11 is 0. The lowest BCUT2D eigenvalue weighted by Crippen LogP contribution is -2.55. The summed E-state index contributed by atoms with van der Waals surface area (Å²) in [6, 6.07) is -0.387. The van der Waals surface area contributed by atoms with Gasteiger partial charge in [-0.25, -0.2) is 4.79 Å². The molecular formula is C16H30N6O2. The summed E-state index contributed by atoms with van der Waals surface area (Å²) in [6.45, 7) is 8.46. The van der Waals surface area contributed by atoms with Crippen LogP contribution >= 0.6 is 0 Å². The molecule has 8 heteroatoms. The quantitative estimate of drug-likeness (QED) is 0.368. The van der Waals surface area contributed by atoms with Crippen LogP contribution in [0.1, 0.15) is 26.7 Å². The number of rotatable bonds is 5. The van der Waals surface area contributed by atoms with Crippen LogP contribution < -0.4 is 16.0 Å². The zero-order valence-corrected chi connectivity index (χ0v) is 15.2. The molecule has 1 atom stereocenters. The van der Waals surface area contributed by atoms with E-state index in [-0.39, 0.29) is 17.9 Å². The molecule has 2 aliphatic rings. The van der Waals surface area contributed by atoms with Crippen molar-refractivity contribution in [2.75, 3.05) is 46.8 Å². The Morgan fingerprint density at radius 1 is 1.42 bits per heavy atom. The van der Waals surface area contributed by atoms with E-state index in [1.807, 2.05) is 6.92 Å². The van der Waals surface area contributed by atoms with Crippen molar-refractivity contribution >= 4 is 17.9 Å². The van der Waals surface area contributed by atoms with Crippen molar-refractivity contribution in [3.63, 3.8) is 0 Å². The monoisotopic (exact) mass is 338 g/mol. The van der Waals surface area contributed by atoms with E-state index in [2.05, 4.69) is 44.7 Å². The number of carbonyl (C=O) groups is 2. The minimum Gasteiger partial charge on any atom is -0.355 e. The topological polar surface area (TPSA) is 89.1 Å². The number of likely N-dealkylation sites (tertiary alicyclic amines) is 1. The Kier molecular flexibility index (Phi) is 6.04. The number of imide groups is 1. The fourth-order valence-electron chi connectivity index (χ4n) is 3.36. The first-order valence-electron chi connectivity index (χ1n) is 8.68. The van der Waals surface area contributed by atoms with Crippen LogP contribution in [0, 0.1) is 5.92 Å². The first kappa shape index (κ1) is 18.5. The van der Waals surface area contributed by atoms with Crippen molar-refractivity contribution in [1.82, 2.24) is 25.8 Å². The fourth-order valence-corrected chi connectivity index (χ4v) is 3.36. The van der Waals surface area contributed by atoms with E-state index in [1.165, 1.54) is 0 Å². The average Bonchev–Trinajstić information content (AvgIpc) is 2.84. The molecule has 1 unspecified atom stereocenters. The third-order valence-corrected chi connectivity index (χ3v) is 5.21. The maximum absolute atomic E-state index is 12.1. The molecule has 8 nitrogen and oxygen atoms in total. The lowest BCUT2D eigenvalue weighted by Gasteiger charge is -2.39. The number of likely N-dealkylation sites (N-methyl/N-ethyl adjacent to an activating group) is 1. The number of nitrogens with zero attached hydrogens (tertiary/aromatic N) is 3. The Bertz CT molecular complexity index is 501. The molecule has 0 aromatic rings. The van der Waals surface area contributed by atoms with E-state index in [0.717, 1.165) is 51.5 Å². The number of hydrogen-bond donors (Lipinski definition) is 3. The Labute approximate surface area is 144 Å². The molecule has 0 aliphatic carbocycles. The van der Waals surface area contributed by atoms with Gasteiger partial charge in [0.05, 0.1) is 0 Å². The van der Waals surface area contributed by atoms with Gasteiger partial charge in [-0.3, -0.25) is 15.1 Å². The van der Waals surface area contributed by atoms with Crippen molar-refractivity contribution in [2.24, 2.45) is 10.9 Å². The SMILES string of the molecule is CCN(C)CCNC(=NC)N1CCC(C2(C)NC(=O)NC2=O)CC1. The number of amides is 3. The van der Waals surface area contributed by atoms with Crippen LogP contribution in [-0.2, 0) is 4.79 Å². The van der Waals surface area contributed by atoms with Gasteiger partial charge >= 0.3 is 6.03 Å². The number of aliphatic imine (C=N–C) groups is 1. The van der Waals surface area contributed by atoms with E-state index in [1.54, 1.807) is 7.05 Å². The first-order valence-corrected chi connectivity index (χ1v) is 8.68. The molecule has 0 spiro atoms. The largest absolute Gasteiger partial charge is 0.355 e. The Morgan fingerprint density at radius 2 is 2.08 bits per heavy atom. The highest BCUT2D eigenvalue weighted by atomic mass is 16.2. The second kappa shape index (κ2) is 7.83. The maximum Gasteiger partial charge on any atom is 0.322 e. The number of piperidine rings is 1. The molecule has 2 rings (SSSR count). The molecule has 0 bridgehead atoms. The van der Waals surface area contributed by atoms with Crippen molar-refractivity contribution < 1.29 is 9.59 Å². The average molecular weight is 338 g/mol. The smallest absolute Gasteiger partial charge is 0.322 e. The van der Waals surface area contributed by atoms with Gasteiger partial charge in [0.2, 0.25) is 0 Å². The van der Waals surface area contributed by atoms with Crippen molar-refractivity contribution in [2.45, 2.75) is 32.2 Å². The summed E-state index contributed by atoms with van der Waals surface area (Å²) in [5, 5.41) is 8.54. The van der Waals surface area contributed by atoms with Gasteiger partial charge in [-0.2, -0.15) is 0 Å². The van der Waals surface area contributed by atoms with Crippen molar-refractivity contribution in [3.8, 4) is 0 Å². The number of carbonyl (C=O) groups excluding carboxylic acids is 2. The molecule has 2 saturated heterocycles. The first-order chi connectivity index (χ1) is 11.4. The molecule has 2 heterocycles. The normalized spacial score (nSPS) is 25.9. The Balaban J connectivity index is 1.85. The van der Waals surface area contributed by atoms with Gasteiger partial charge in [0.25, 0.3) is 5.91 Å². The van der Waals surface area contributed by atoms with E-state index in [4.69, 9.17) is 0 Å². The highest BCUT2D eigenvalue weighted by molar-refractivity contribution is 6.07. The third-order valence-electron chi connectivity index (χ3n) is 5.21. The predicted octanol–water partition coefficient (Wildman–Crippen LogP) is -0.176. The van der Waals surface area contributed by atoms with Gasteiger partial charge in [-0.15, -0.1) is 0 Å². The van der Waals surface area contributed by atoms with E-state index >= 15 is 0 Å². The van der Waals surface area contributed by atoms with Crippen LogP contribution in [0.4, 0.5) is 4.79 Å². The lowest BCUT2D eigenvalue weighted by atomic mass is 9.79. The number of guanidine groups is 1. The predicted molar refractivity (Wildman–Crippen MR) is 93.9 cm³/mol. The molecule has 0 saturated carbocycles. The Hall–Kier alpha value is -1.83. The van der Waals surface area contributed by atoms with Gasteiger partial charge in [0.1, 0.15) is 5.54 Å². The van der Waals surface area contributed by atoms with Crippen LogP contribution in [0.5, 0.6) is 0 Å². The van der Waals surface area contributed by atoms with Gasteiger partial charge in [0.15, 0.2) is 5.96 Å². The van der Waals surface area contributed by atoms with Gasteiger partial charge < -0.3 is 20.4 Å². The van der Waals surface area contributed by atoms with Crippen LogP contribution in [0.15, 0.2) is 4.99 Å². The second-order valence-corrected chi connectivity index (χ2v) is 6.74. The third kappa shape index (κ3) is 3.98. The second-order valence-electron chi connectivity index (χ2n) is 6.74. The van der Waals surface area contributed by atoms with Crippen LogP contribution in [0.3, 0.4) is 0 Å². The molecule has 3 amide bonds. The minimum atomic E-state index is -0.788. The zero-order valence-electron chi connectivity index (χ0n) is 15.2. The van der Waals surface area contributed by atoms with Crippen LogP contribution in [0.25, 0.3) is 0 Å². The summed E-state index contributed by atoms with van der Waals surface area (Å²) in [5.74, 6) is 0.837. The summed E-state index contributed by atoms with van der Waals surface area (Å²) in [7, 11) is 3.89.